The summed E-state index contributed by atoms with van der Waals surface area (Å²) in [6, 6.07) is 4.43. The van der Waals surface area contributed by atoms with Gasteiger partial charge in [-0.15, -0.1) is 0 Å². The van der Waals surface area contributed by atoms with Crippen LogP contribution >= 0.6 is 0 Å². The quantitative estimate of drug-likeness (QED) is 0.746. The summed E-state index contributed by atoms with van der Waals surface area (Å²) < 4.78 is 0. The Labute approximate surface area is 128 Å². The van der Waals surface area contributed by atoms with Gasteiger partial charge < -0.3 is 15.3 Å². The van der Waals surface area contributed by atoms with Crippen LogP contribution in [0.15, 0.2) is 24.4 Å². The standard InChI is InChI=1S/C15H20N4O3/c1-10(20)13-15(22)19-7-6-18(9-12(19)14(21)17-13)8-11-4-2-3-5-16-11/h2-5,10,12-13,20H,6-9H2,1H3,(H,17,21)/t10-,12-,13+/m1/s1. The Hall–Kier alpha value is -1.99. The molecule has 3 atom stereocenters. The van der Waals surface area contributed by atoms with Gasteiger partial charge in [-0.25, -0.2) is 0 Å². The van der Waals surface area contributed by atoms with Crippen LogP contribution < -0.4 is 5.32 Å². The largest absolute Gasteiger partial charge is 0.391 e. The van der Waals surface area contributed by atoms with Crippen LogP contribution in [0, 0.1) is 0 Å². The van der Waals surface area contributed by atoms with Crippen LogP contribution in [0.4, 0.5) is 0 Å². The predicted octanol–water partition coefficient (Wildman–Crippen LogP) is -1.03. The second-order valence-corrected chi connectivity index (χ2v) is 5.83. The first-order valence-corrected chi connectivity index (χ1v) is 7.47. The molecule has 7 heteroatoms. The Morgan fingerprint density at radius 3 is 2.91 bits per heavy atom. The number of rotatable bonds is 3. The van der Waals surface area contributed by atoms with Gasteiger partial charge in [-0.3, -0.25) is 19.5 Å². The molecule has 0 bridgehead atoms. The third-order valence-electron chi connectivity index (χ3n) is 4.21. The molecule has 0 aromatic carbocycles. The normalized spacial score (nSPS) is 27.3. The van der Waals surface area contributed by atoms with E-state index in [0.29, 0.717) is 26.2 Å². The lowest BCUT2D eigenvalue weighted by atomic mass is 10.0. The van der Waals surface area contributed by atoms with E-state index in [4.69, 9.17) is 0 Å². The number of carbonyl (C=O) groups is 2. The minimum Gasteiger partial charge on any atom is -0.391 e. The molecule has 2 aliphatic heterocycles. The van der Waals surface area contributed by atoms with E-state index < -0.39 is 18.2 Å². The average Bonchev–Trinajstić information content (AvgIpc) is 2.51. The van der Waals surface area contributed by atoms with Crippen molar-refractivity contribution in [3.8, 4) is 0 Å². The smallest absolute Gasteiger partial charge is 0.248 e. The molecule has 7 nitrogen and oxygen atoms in total. The maximum Gasteiger partial charge on any atom is 0.248 e. The molecule has 0 saturated carbocycles. The highest BCUT2D eigenvalue weighted by Gasteiger charge is 2.44. The number of carbonyl (C=O) groups excluding carboxylic acids is 2. The highest BCUT2D eigenvalue weighted by molar-refractivity contribution is 5.97. The van der Waals surface area contributed by atoms with Crippen molar-refractivity contribution in [2.45, 2.75) is 31.7 Å². The number of aromatic nitrogens is 1. The van der Waals surface area contributed by atoms with Crippen molar-refractivity contribution in [1.29, 1.82) is 0 Å². The van der Waals surface area contributed by atoms with E-state index >= 15 is 0 Å². The number of piperazine rings is 2. The van der Waals surface area contributed by atoms with Gasteiger partial charge in [-0.2, -0.15) is 0 Å². The van der Waals surface area contributed by atoms with Crippen LogP contribution in [0.25, 0.3) is 0 Å². The first-order valence-electron chi connectivity index (χ1n) is 7.47. The van der Waals surface area contributed by atoms with Gasteiger partial charge in [-0.05, 0) is 19.1 Å². The Bertz CT molecular complexity index is 563. The number of aliphatic hydroxyl groups is 1. The maximum absolute atomic E-state index is 12.3. The molecule has 3 heterocycles. The average molecular weight is 304 g/mol. The second-order valence-electron chi connectivity index (χ2n) is 5.83. The summed E-state index contributed by atoms with van der Waals surface area (Å²) >= 11 is 0. The fourth-order valence-corrected chi connectivity index (χ4v) is 3.01. The number of fused-ring (bicyclic) bond motifs is 1. The van der Waals surface area contributed by atoms with E-state index in [1.807, 2.05) is 18.2 Å². The summed E-state index contributed by atoms with van der Waals surface area (Å²) in [5, 5.41) is 12.2. The highest BCUT2D eigenvalue weighted by Crippen LogP contribution is 2.18. The van der Waals surface area contributed by atoms with E-state index in [1.165, 1.54) is 6.92 Å². The third-order valence-corrected chi connectivity index (χ3v) is 4.21. The number of aliphatic hydroxyl groups excluding tert-OH is 1. The lowest BCUT2D eigenvalue weighted by Gasteiger charge is -2.45. The molecule has 3 rings (SSSR count). The summed E-state index contributed by atoms with van der Waals surface area (Å²) in [6.07, 6.45) is 0.860. The molecular weight excluding hydrogens is 284 g/mol. The van der Waals surface area contributed by atoms with Crippen LogP contribution in [-0.4, -0.2) is 69.5 Å². The molecule has 0 radical (unpaired) electrons. The van der Waals surface area contributed by atoms with Crippen molar-refractivity contribution >= 4 is 11.8 Å². The van der Waals surface area contributed by atoms with Gasteiger partial charge in [0.15, 0.2) is 0 Å². The summed E-state index contributed by atoms with van der Waals surface area (Å²) in [7, 11) is 0. The Kier molecular flexibility index (Phi) is 4.08. The number of hydrogen-bond donors (Lipinski definition) is 2. The van der Waals surface area contributed by atoms with Gasteiger partial charge in [0, 0.05) is 32.4 Å². The topological polar surface area (TPSA) is 85.8 Å². The van der Waals surface area contributed by atoms with Crippen LogP contribution in [0.3, 0.4) is 0 Å². The molecule has 1 aromatic rings. The Morgan fingerprint density at radius 2 is 2.23 bits per heavy atom. The molecule has 0 unspecified atom stereocenters. The molecule has 0 spiro atoms. The van der Waals surface area contributed by atoms with E-state index in [-0.39, 0.29) is 11.8 Å². The molecule has 2 aliphatic rings. The summed E-state index contributed by atoms with van der Waals surface area (Å²) in [5.74, 6) is -0.395. The van der Waals surface area contributed by atoms with Crippen molar-refractivity contribution in [3.63, 3.8) is 0 Å². The van der Waals surface area contributed by atoms with Gasteiger partial charge in [0.1, 0.15) is 12.1 Å². The van der Waals surface area contributed by atoms with Crippen LogP contribution in [0.5, 0.6) is 0 Å². The van der Waals surface area contributed by atoms with Gasteiger partial charge in [0.2, 0.25) is 11.8 Å². The first-order chi connectivity index (χ1) is 10.6. The number of nitrogens with one attached hydrogen (secondary N) is 1. The van der Waals surface area contributed by atoms with Gasteiger partial charge in [0.05, 0.1) is 11.8 Å². The lowest BCUT2D eigenvalue weighted by molar-refractivity contribution is -0.156. The zero-order valence-corrected chi connectivity index (χ0v) is 12.5. The second kappa shape index (κ2) is 6.02. The number of amides is 2. The van der Waals surface area contributed by atoms with E-state index in [2.05, 4.69) is 15.2 Å². The van der Waals surface area contributed by atoms with Crippen molar-refractivity contribution in [2.24, 2.45) is 0 Å². The van der Waals surface area contributed by atoms with Gasteiger partial charge in [0.25, 0.3) is 0 Å². The SMILES string of the molecule is C[C@@H](O)[C@@H]1NC(=O)[C@H]2CN(Cc3ccccn3)CCN2C1=O. The zero-order valence-electron chi connectivity index (χ0n) is 12.5. The molecule has 2 fully saturated rings. The molecule has 2 amide bonds. The first kappa shape index (κ1) is 14.9. The number of nitrogens with zero attached hydrogens (tertiary/aromatic N) is 3. The Morgan fingerprint density at radius 1 is 1.41 bits per heavy atom. The Balaban J connectivity index is 1.68. The molecule has 118 valence electrons. The molecule has 2 saturated heterocycles. The third kappa shape index (κ3) is 2.82. The number of hydrogen-bond acceptors (Lipinski definition) is 5. The molecule has 22 heavy (non-hydrogen) atoms. The van der Waals surface area contributed by atoms with Crippen LogP contribution in [0.1, 0.15) is 12.6 Å². The van der Waals surface area contributed by atoms with Crippen molar-refractivity contribution < 1.29 is 14.7 Å². The fraction of sp³-hybridized carbons (Fsp3) is 0.533. The predicted molar refractivity (Wildman–Crippen MR) is 78.6 cm³/mol. The maximum atomic E-state index is 12.3. The highest BCUT2D eigenvalue weighted by atomic mass is 16.3. The molecular formula is C15H20N4O3. The van der Waals surface area contributed by atoms with Crippen LogP contribution in [-0.2, 0) is 16.1 Å². The van der Waals surface area contributed by atoms with Crippen LogP contribution in [0.2, 0.25) is 0 Å². The molecule has 1 aromatic heterocycles. The van der Waals surface area contributed by atoms with E-state index in [9.17, 15) is 14.7 Å². The minimum atomic E-state index is -0.885. The number of pyridine rings is 1. The minimum absolute atomic E-state index is 0.197. The van der Waals surface area contributed by atoms with Crippen molar-refractivity contribution in [3.05, 3.63) is 30.1 Å². The zero-order chi connectivity index (χ0) is 15.7. The molecule has 0 aliphatic carbocycles. The molecule has 2 N–H and O–H groups in total. The van der Waals surface area contributed by atoms with Gasteiger partial charge in [-0.1, -0.05) is 6.07 Å². The summed E-state index contributed by atoms with van der Waals surface area (Å²) in [6.45, 7) is 3.85. The van der Waals surface area contributed by atoms with Crippen molar-refractivity contribution in [1.82, 2.24) is 20.1 Å². The van der Waals surface area contributed by atoms with Gasteiger partial charge >= 0.3 is 0 Å². The monoisotopic (exact) mass is 304 g/mol. The van der Waals surface area contributed by atoms with E-state index in [0.717, 1.165) is 5.69 Å². The summed E-state index contributed by atoms with van der Waals surface area (Å²) in [4.78, 5) is 32.6. The van der Waals surface area contributed by atoms with Crippen molar-refractivity contribution in [2.75, 3.05) is 19.6 Å². The lowest BCUT2D eigenvalue weighted by Crippen LogP contribution is -2.70. The van der Waals surface area contributed by atoms with E-state index in [1.54, 1.807) is 11.1 Å². The summed E-state index contributed by atoms with van der Waals surface area (Å²) in [5.41, 5.74) is 0.945. The fourth-order valence-electron chi connectivity index (χ4n) is 3.01.